The second kappa shape index (κ2) is 10.0. The summed E-state index contributed by atoms with van der Waals surface area (Å²) in [6, 6.07) is 16.7. The summed E-state index contributed by atoms with van der Waals surface area (Å²) in [4.78, 5) is 25.0. The molecule has 0 heterocycles. The third kappa shape index (κ3) is 7.13. The fourth-order valence-electron chi connectivity index (χ4n) is 2.46. The van der Waals surface area contributed by atoms with E-state index in [1.807, 2.05) is 30.3 Å². The van der Waals surface area contributed by atoms with E-state index in [1.54, 1.807) is 51.1 Å². The normalized spacial score (nSPS) is 13.4. The van der Waals surface area contributed by atoms with E-state index in [2.05, 4.69) is 5.32 Å². The zero-order chi connectivity index (χ0) is 20.6. The van der Waals surface area contributed by atoms with Crippen LogP contribution in [0.4, 0.5) is 0 Å². The van der Waals surface area contributed by atoms with Crippen LogP contribution in [-0.4, -0.2) is 41.3 Å². The number of esters is 1. The van der Waals surface area contributed by atoms with Crippen LogP contribution >= 0.6 is 0 Å². The predicted octanol–water partition coefficient (Wildman–Crippen LogP) is 2.70. The van der Waals surface area contributed by atoms with Crippen molar-refractivity contribution in [3.05, 3.63) is 71.8 Å². The number of amides is 1. The van der Waals surface area contributed by atoms with Gasteiger partial charge < -0.3 is 19.9 Å². The fourth-order valence-corrected chi connectivity index (χ4v) is 2.46. The maximum atomic E-state index is 12.5. The van der Waals surface area contributed by atoms with Gasteiger partial charge >= 0.3 is 5.97 Å². The van der Waals surface area contributed by atoms with Gasteiger partial charge in [-0.3, -0.25) is 4.79 Å². The van der Waals surface area contributed by atoms with Crippen molar-refractivity contribution in [1.82, 2.24) is 5.32 Å². The Morgan fingerprint density at radius 3 is 2.14 bits per heavy atom. The molecule has 0 fully saturated rings. The smallest absolute Gasteiger partial charge is 0.331 e. The minimum atomic E-state index is -1.26. The average molecular weight is 385 g/mol. The number of carbonyl (C=O) groups is 2. The zero-order valence-corrected chi connectivity index (χ0v) is 16.4. The lowest BCUT2D eigenvalue weighted by Crippen LogP contribution is -2.52. The summed E-state index contributed by atoms with van der Waals surface area (Å²) in [5, 5.41) is 13.1. The highest BCUT2D eigenvalue weighted by Gasteiger charge is 2.33. The van der Waals surface area contributed by atoms with Crippen LogP contribution in [0.3, 0.4) is 0 Å². The molecular weight excluding hydrogens is 358 g/mol. The van der Waals surface area contributed by atoms with Gasteiger partial charge in [-0.15, -0.1) is 0 Å². The summed E-state index contributed by atoms with van der Waals surface area (Å²) in [5.74, 6) is -1.19. The molecule has 0 saturated carbocycles. The number of aliphatic hydroxyl groups is 1. The van der Waals surface area contributed by atoms with Crippen LogP contribution in [0, 0.1) is 0 Å². The molecule has 0 aromatic heterocycles. The fraction of sp³-hybridized carbons (Fsp3) is 0.364. The molecule has 0 aliphatic carbocycles. The summed E-state index contributed by atoms with van der Waals surface area (Å²) >= 11 is 0. The molecule has 1 amide bonds. The highest BCUT2D eigenvalue weighted by atomic mass is 16.6. The maximum Gasteiger partial charge on any atom is 0.331 e. The van der Waals surface area contributed by atoms with Gasteiger partial charge in [0.25, 0.3) is 5.91 Å². The van der Waals surface area contributed by atoms with Gasteiger partial charge in [0.2, 0.25) is 0 Å². The van der Waals surface area contributed by atoms with Gasteiger partial charge in [0, 0.05) is 5.56 Å². The molecule has 0 saturated heterocycles. The first kappa shape index (κ1) is 21.6. The molecule has 0 bridgehead atoms. The van der Waals surface area contributed by atoms with Crippen LogP contribution < -0.4 is 5.32 Å². The second-order valence-corrected chi connectivity index (χ2v) is 7.42. The molecule has 2 rings (SSSR count). The molecule has 0 aliphatic rings. The molecule has 2 atom stereocenters. The van der Waals surface area contributed by atoms with Crippen molar-refractivity contribution in [3.63, 3.8) is 0 Å². The molecule has 6 nitrogen and oxygen atoms in total. The Hall–Kier alpha value is -2.70. The van der Waals surface area contributed by atoms with Gasteiger partial charge in [0.1, 0.15) is 11.7 Å². The molecule has 6 heteroatoms. The van der Waals surface area contributed by atoms with Crippen LogP contribution in [0.1, 0.15) is 36.7 Å². The van der Waals surface area contributed by atoms with Crippen LogP contribution in [0.15, 0.2) is 60.7 Å². The molecule has 150 valence electrons. The molecule has 28 heavy (non-hydrogen) atoms. The first-order valence-corrected chi connectivity index (χ1v) is 9.15. The van der Waals surface area contributed by atoms with Crippen molar-refractivity contribution < 1.29 is 24.2 Å². The van der Waals surface area contributed by atoms with Crippen molar-refractivity contribution >= 4 is 11.9 Å². The summed E-state index contributed by atoms with van der Waals surface area (Å²) in [6.07, 6.45) is -1.26. The number of ether oxygens (including phenoxy) is 2. The maximum absolute atomic E-state index is 12.5. The molecule has 2 aromatic rings. The molecule has 1 unspecified atom stereocenters. The first-order valence-electron chi connectivity index (χ1n) is 9.15. The molecule has 0 aliphatic heterocycles. The lowest BCUT2D eigenvalue weighted by Gasteiger charge is -2.27. The van der Waals surface area contributed by atoms with Crippen LogP contribution in [-0.2, 0) is 20.9 Å². The molecule has 2 aromatic carbocycles. The quantitative estimate of drug-likeness (QED) is 0.683. The predicted molar refractivity (Wildman–Crippen MR) is 106 cm³/mol. The van der Waals surface area contributed by atoms with E-state index < -0.39 is 29.6 Å². The minimum Gasteiger partial charge on any atom is -0.458 e. The standard InChI is InChI=1S/C22H27NO5/c1-22(2,3)28-21(26)19(23-20(25)17-12-8-5-9-13-17)18(24)15-27-14-16-10-6-4-7-11-16/h4-13,18-19,24H,14-15H2,1-3H3,(H,23,25)/t18?,19-/m0/s1. The van der Waals surface area contributed by atoms with Gasteiger partial charge in [-0.25, -0.2) is 4.79 Å². The number of nitrogens with one attached hydrogen (secondary N) is 1. The highest BCUT2D eigenvalue weighted by Crippen LogP contribution is 2.12. The summed E-state index contributed by atoms with van der Waals surface area (Å²) in [7, 11) is 0. The van der Waals surface area contributed by atoms with E-state index in [-0.39, 0.29) is 13.2 Å². The van der Waals surface area contributed by atoms with E-state index >= 15 is 0 Å². The van der Waals surface area contributed by atoms with Crippen molar-refractivity contribution in [2.75, 3.05) is 6.61 Å². The molecular formula is C22H27NO5. The van der Waals surface area contributed by atoms with Crippen molar-refractivity contribution in [2.45, 2.75) is 45.1 Å². The molecule has 2 N–H and O–H groups in total. The summed E-state index contributed by atoms with van der Waals surface area (Å²) in [5.41, 5.74) is 0.572. The largest absolute Gasteiger partial charge is 0.458 e. The molecule has 0 radical (unpaired) electrons. The van der Waals surface area contributed by atoms with E-state index in [4.69, 9.17) is 9.47 Å². The van der Waals surface area contributed by atoms with Crippen LogP contribution in [0.2, 0.25) is 0 Å². The minimum absolute atomic E-state index is 0.131. The SMILES string of the molecule is CC(C)(C)OC(=O)[C@@H](NC(=O)c1ccccc1)C(O)COCc1ccccc1. The van der Waals surface area contributed by atoms with E-state index in [0.717, 1.165) is 5.56 Å². The third-order valence-corrected chi connectivity index (χ3v) is 3.77. The van der Waals surface area contributed by atoms with Gasteiger partial charge in [0.05, 0.1) is 13.2 Å². The third-order valence-electron chi connectivity index (χ3n) is 3.77. The number of hydrogen-bond donors (Lipinski definition) is 2. The number of aliphatic hydroxyl groups excluding tert-OH is 1. The Labute approximate surface area is 165 Å². The average Bonchev–Trinajstić information content (AvgIpc) is 2.66. The van der Waals surface area contributed by atoms with Gasteiger partial charge in [-0.1, -0.05) is 48.5 Å². The Bertz CT molecular complexity index is 756. The summed E-state index contributed by atoms with van der Waals surface area (Å²) in [6.45, 7) is 5.32. The highest BCUT2D eigenvalue weighted by molar-refractivity contribution is 5.96. The lowest BCUT2D eigenvalue weighted by molar-refractivity contribution is -0.161. The lowest BCUT2D eigenvalue weighted by atomic mass is 10.1. The topological polar surface area (TPSA) is 84.9 Å². The van der Waals surface area contributed by atoms with Crippen LogP contribution in [0.25, 0.3) is 0 Å². The van der Waals surface area contributed by atoms with Gasteiger partial charge in [-0.05, 0) is 38.5 Å². The number of rotatable bonds is 8. The Kier molecular flexibility index (Phi) is 7.72. The van der Waals surface area contributed by atoms with Crippen molar-refractivity contribution in [1.29, 1.82) is 0 Å². The Balaban J connectivity index is 2.03. The summed E-state index contributed by atoms with van der Waals surface area (Å²) < 4.78 is 10.9. The van der Waals surface area contributed by atoms with Crippen LogP contribution in [0.5, 0.6) is 0 Å². The Morgan fingerprint density at radius 2 is 1.57 bits per heavy atom. The first-order chi connectivity index (χ1) is 13.3. The molecule has 0 spiro atoms. The monoisotopic (exact) mass is 385 g/mol. The number of benzene rings is 2. The number of carbonyl (C=O) groups excluding carboxylic acids is 2. The van der Waals surface area contributed by atoms with Crippen molar-refractivity contribution in [3.8, 4) is 0 Å². The van der Waals surface area contributed by atoms with E-state index in [9.17, 15) is 14.7 Å². The van der Waals surface area contributed by atoms with E-state index in [1.165, 1.54) is 0 Å². The number of hydrogen-bond acceptors (Lipinski definition) is 5. The zero-order valence-electron chi connectivity index (χ0n) is 16.4. The van der Waals surface area contributed by atoms with Crippen molar-refractivity contribution in [2.24, 2.45) is 0 Å². The van der Waals surface area contributed by atoms with E-state index in [0.29, 0.717) is 5.56 Å². The van der Waals surface area contributed by atoms with Gasteiger partial charge in [-0.2, -0.15) is 0 Å². The van der Waals surface area contributed by atoms with Gasteiger partial charge in [0.15, 0.2) is 6.04 Å². The second-order valence-electron chi connectivity index (χ2n) is 7.42. The Morgan fingerprint density at radius 1 is 1.00 bits per heavy atom.